The van der Waals surface area contributed by atoms with Crippen LogP contribution in [-0.2, 0) is 22.4 Å². The normalized spacial score (nSPS) is 11.1. The highest BCUT2D eigenvalue weighted by Gasteiger charge is 2.23. The quantitative estimate of drug-likeness (QED) is 0.234. The van der Waals surface area contributed by atoms with Crippen LogP contribution >= 0.6 is 0 Å². The van der Waals surface area contributed by atoms with Crippen molar-refractivity contribution >= 4 is 68.1 Å². The predicted molar refractivity (Wildman–Crippen MR) is 124 cm³/mol. The summed E-state index contributed by atoms with van der Waals surface area (Å²) in [6.07, 6.45) is -1.63. The van der Waals surface area contributed by atoms with Crippen LogP contribution in [0.2, 0.25) is 0 Å². The van der Waals surface area contributed by atoms with Crippen molar-refractivity contribution < 1.29 is 59.4 Å². The van der Waals surface area contributed by atoms with Gasteiger partial charge in [-0.2, -0.15) is 0 Å². The summed E-state index contributed by atoms with van der Waals surface area (Å²) in [4.78, 5) is 70.2. The second kappa shape index (κ2) is 9.17. The Balaban J connectivity index is 2.35. The number of carboxylic acids is 6. The zero-order valence-corrected chi connectivity index (χ0v) is 18.9. The molecule has 0 amide bonds. The highest BCUT2D eigenvalue weighted by atomic mass is 16.4. The number of aromatic carboxylic acids is 4. The number of aliphatic carboxylic acids is 2. The van der Waals surface area contributed by atoms with Gasteiger partial charge in [0.25, 0.3) is 0 Å². The SMILES string of the molecule is O=C([O-])Cc1cc2c3cc(C(=O)O)c(CC(=O)[O-])cc3c3cc(C(=O)O)c(C(=O)O)cc3c2cc1C(=O)O. The maximum atomic E-state index is 11.9. The van der Waals surface area contributed by atoms with Crippen LogP contribution in [0.3, 0.4) is 0 Å². The number of hydrogen-bond acceptors (Lipinski definition) is 8. The first-order valence-electron chi connectivity index (χ1n) is 10.7. The van der Waals surface area contributed by atoms with Crippen LogP contribution < -0.4 is 10.2 Å². The summed E-state index contributed by atoms with van der Waals surface area (Å²) >= 11 is 0. The van der Waals surface area contributed by atoms with Gasteiger partial charge in [-0.25, -0.2) is 19.2 Å². The zero-order chi connectivity index (χ0) is 28.0. The molecule has 4 rings (SSSR count). The van der Waals surface area contributed by atoms with E-state index in [9.17, 15) is 59.4 Å². The lowest BCUT2D eigenvalue weighted by atomic mass is 9.86. The van der Waals surface area contributed by atoms with Crippen molar-refractivity contribution in [2.75, 3.05) is 0 Å². The minimum absolute atomic E-state index is 0.0554. The first kappa shape index (κ1) is 25.6. The Morgan fingerprint density at radius 2 is 0.684 bits per heavy atom. The van der Waals surface area contributed by atoms with Crippen molar-refractivity contribution in [3.8, 4) is 0 Å². The minimum atomic E-state index is -1.60. The van der Waals surface area contributed by atoms with Gasteiger partial charge >= 0.3 is 23.9 Å². The molecule has 0 unspecified atom stereocenters. The van der Waals surface area contributed by atoms with Crippen molar-refractivity contribution in [3.05, 3.63) is 69.8 Å². The molecule has 0 spiro atoms. The monoisotopic (exact) mass is 518 g/mol. The standard InChI is InChI=1S/C26H16O12/c27-21(28)3-9-1-13-15-5-11(23(31)32)10(4-22(29)30)2-14(15)17-7-19(25(35)36)20(26(37)38)8-18(17)16(13)6-12(9)24(33)34/h1-2,5-8H,3-4H2,(H,27,28)(H,29,30)(H,31,32)(H,33,34)(H,35,36)(H,37,38)/p-2. The van der Waals surface area contributed by atoms with Gasteiger partial charge in [0.15, 0.2) is 0 Å². The minimum Gasteiger partial charge on any atom is -0.550 e. The smallest absolute Gasteiger partial charge is 0.336 e. The number of benzene rings is 4. The summed E-state index contributed by atoms with van der Waals surface area (Å²) in [5.41, 5.74) is -2.52. The molecule has 4 aromatic rings. The lowest BCUT2D eigenvalue weighted by Gasteiger charge is -2.17. The summed E-state index contributed by atoms with van der Waals surface area (Å²) in [7, 11) is 0. The fourth-order valence-electron chi connectivity index (χ4n) is 4.58. The molecule has 0 aromatic heterocycles. The van der Waals surface area contributed by atoms with Crippen molar-refractivity contribution in [2.24, 2.45) is 0 Å². The molecule has 0 heterocycles. The van der Waals surface area contributed by atoms with E-state index in [1.165, 1.54) is 12.1 Å². The van der Waals surface area contributed by atoms with E-state index in [0.717, 1.165) is 24.3 Å². The molecule has 0 aliphatic heterocycles. The van der Waals surface area contributed by atoms with Crippen molar-refractivity contribution in [1.29, 1.82) is 0 Å². The Kier molecular flexibility index (Phi) is 6.17. The molecule has 4 aromatic carbocycles. The number of fused-ring (bicyclic) bond motifs is 6. The van der Waals surface area contributed by atoms with Gasteiger partial charge in [-0.15, -0.1) is 0 Å². The summed E-state index contributed by atoms with van der Waals surface area (Å²) in [6.45, 7) is 0. The molecule has 0 aliphatic carbocycles. The molecule has 4 N–H and O–H groups in total. The van der Waals surface area contributed by atoms with Crippen LogP contribution in [0.1, 0.15) is 52.6 Å². The highest BCUT2D eigenvalue weighted by molar-refractivity contribution is 6.28. The second-order valence-corrected chi connectivity index (χ2v) is 8.37. The van der Waals surface area contributed by atoms with Gasteiger partial charge < -0.3 is 40.2 Å². The van der Waals surface area contributed by atoms with E-state index in [0.29, 0.717) is 0 Å². The predicted octanol–water partition coefficient (Wildman–Crippen LogP) is 0.524. The fourth-order valence-corrected chi connectivity index (χ4v) is 4.58. The van der Waals surface area contributed by atoms with E-state index < -0.39 is 70.9 Å². The van der Waals surface area contributed by atoms with Crippen molar-refractivity contribution in [1.82, 2.24) is 0 Å². The largest absolute Gasteiger partial charge is 0.550 e. The molecule has 0 atom stereocenters. The fraction of sp³-hybridized carbons (Fsp3) is 0.0769. The van der Waals surface area contributed by atoms with Crippen LogP contribution in [-0.4, -0.2) is 56.2 Å². The first-order chi connectivity index (χ1) is 17.8. The summed E-state index contributed by atoms with van der Waals surface area (Å²) in [6, 6.07) is 6.59. The Labute approximate surface area is 210 Å². The Morgan fingerprint density at radius 1 is 0.447 bits per heavy atom. The van der Waals surface area contributed by atoms with Gasteiger partial charge in [-0.05, 0) is 79.8 Å². The number of carbonyl (C=O) groups is 6. The van der Waals surface area contributed by atoms with Crippen molar-refractivity contribution in [3.63, 3.8) is 0 Å². The maximum absolute atomic E-state index is 11.9. The van der Waals surface area contributed by atoms with E-state index in [1.54, 1.807) is 0 Å². The molecule has 12 heteroatoms. The van der Waals surface area contributed by atoms with Gasteiger partial charge in [-0.3, -0.25) is 0 Å². The molecule has 12 nitrogen and oxygen atoms in total. The molecule has 38 heavy (non-hydrogen) atoms. The van der Waals surface area contributed by atoms with Gasteiger partial charge in [0.1, 0.15) is 0 Å². The molecule has 0 saturated carbocycles. The second-order valence-electron chi connectivity index (χ2n) is 8.37. The molecule has 0 fully saturated rings. The molecule has 0 radical (unpaired) electrons. The van der Waals surface area contributed by atoms with Gasteiger partial charge in [0, 0.05) is 24.8 Å². The molecule has 0 aliphatic rings. The van der Waals surface area contributed by atoms with Crippen molar-refractivity contribution in [2.45, 2.75) is 12.8 Å². The molecule has 0 saturated heterocycles. The zero-order valence-electron chi connectivity index (χ0n) is 18.9. The van der Waals surface area contributed by atoms with Crippen LogP contribution in [0.5, 0.6) is 0 Å². The van der Waals surface area contributed by atoms with Gasteiger partial charge in [0.05, 0.1) is 22.3 Å². The van der Waals surface area contributed by atoms with Crippen LogP contribution in [0.25, 0.3) is 32.3 Å². The topological polar surface area (TPSA) is 229 Å². The Morgan fingerprint density at radius 3 is 0.921 bits per heavy atom. The maximum Gasteiger partial charge on any atom is 0.336 e. The first-order valence-corrected chi connectivity index (χ1v) is 10.7. The van der Waals surface area contributed by atoms with E-state index in [2.05, 4.69) is 0 Å². The van der Waals surface area contributed by atoms with Crippen LogP contribution in [0.4, 0.5) is 0 Å². The van der Waals surface area contributed by atoms with E-state index in [1.807, 2.05) is 0 Å². The third kappa shape index (κ3) is 4.30. The van der Waals surface area contributed by atoms with E-state index in [-0.39, 0.29) is 43.4 Å². The third-order valence-corrected chi connectivity index (χ3v) is 6.11. The molecular formula is C26H14O12-2. The van der Waals surface area contributed by atoms with Gasteiger partial charge in [0.2, 0.25) is 0 Å². The number of rotatable bonds is 8. The Bertz CT molecular complexity index is 1730. The highest BCUT2D eigenvalue weighted by Crippen LogP contribution is 2.39. The van der Waals surface area contributed by atoms with E-state index in [4.69, 9.17) is 0 Å². The summed E-state index contributed by atoms with van der Waals surface area (Å²) < 4.78 is 0. The van der Waals surface area contributed by atoms with Crippen LogP contribution in [0, 0.1) is 0 Å². The third-order valence-electron chi connectivity index (χ3n) is 6.11. The number of carboxylic acid groups (broad SMARTS) is 6. The lowest BCUT2D eigenvalue weighted by molar-refractivity contribution is -0.306. The lowest BCUT2D eigenvalue weighted by Crippen LogP contribution is -2.25. The van der Waals surface area contributed by atoms with E-state index >= 15 is 0 Å². The van der Waals surface area contributed by atoms with Crippen LogP contribution in [0.15, 0.2) is 36.4 Å². The molecular weight excluding hydrogens is 504 g/mol. The Hall–Kier alpha value is -5.52. The number of hydrogen-bond donors (Lipinski definition) is 4. The summed E-state index contributed by atoms with van der Waals surface area (Å²) in [5, 5.41) is 61.8. The average molecular weight is 518 g/mol. The average Bonchev–Trinajstić information content (AvgIpc) is 2.81. The number of carbonyl (C=O) groups excluding carboxylic acids is 2. The summed E-state index contributed by atoms with van der Waals surface area (Å²) in [5.74, 6) is -9.39. The molecule has 192 valence electrons. The molecule has 0 bridgehead atoms. The van der Waals surface area contributed by atoms with Gasteiger partial charge in [-0.1, -0.05) is 0 Å².